The van der Waals surface area contributed by atoms with Gasteiger partial charge in [-0.2, -0.15) is 14.1 Å². The Morgan fingerprint density at radius 3 is 2.44 bits per heavy atom. The van der Waals surface area contributed by atoms with E-state index in [0.717, 1.165) is 10.2 Å². The summed E-state index contributed by atoms with van der Waals surface area (Å²) in [5.41, 5.74) is 0.936. The second-order valence-corrected chi connectivity index (χ2v) is 10.2. The van der Waals surface area contributed by atoms with E-state index in [4.69, 9.17) is 9.47 Å². The highest BCUT2D eigenvalue weighted by atomic mass is 32.2. The van der Waals surface area contributed by atoms with Crippen molar-refractivity contribution < 1.29 is 22.3 Å². The predicted octanol–water partition coefficient (Wildman–Crippen LogP) is 2.44. The maximum atomic E-state index is 13.8. The van der Waals surface area contributed by atoms with E-state index in [9.17, 15) is 17.6 Å². The molecule has 0 unspecified atom stereocenters. The van der Waals surface area contributed by atoms with E-state index >= 15 is 0 Å². The number of rotatable bonds is 10. The zero-order valence-corrected chi connectivity index (χ0v) is 20.9. The Morgan fingerprint density at radius 1 is 1.00 bits per heavy atom. The minimum atomic E-state index is -3.49. The maximum Gasteiger partial charge on any atom is 0.316 e. The van der Waals surface area contributed by atoms with Crippen LogP contribution in [0.5, 0.6) is 5.75 Å². The molecule has 4 rings (SSSR count). The summed E-state index contributed by atoms with van der Waals surface area (Å²) in [6.45, 7) is 4.07. The van der Waals surface area contributed by atoms with Crippen LogP contribution in [-0.2, 0) is 20.5 Å². The molecule has 1 aliphatic rings. The van der Waals surface area contributed by atoms with Crippen molar-refractivity contribution in [3.05, 3.63) is 82.5 Å². The van der Waals surface area contributed by atoms with Gasteiger partial charge in [0.1, 0.15) is 18.1 Å². The van der Waals surface area contributed by atoms with Gasteiger partial charge in [0, 0.05) is 32.8 Å². The third-order valence-electron chi connectivity index (χ3n) is 5.81. The number of ether oxygens (including phenoxy) is 2. The lowest BCUT2D eigenvalue weighted by Crippen LogP contribution is -2.49. The summed E-state index contributed by atoms with van der Waals surface area (Å²) in [7, 11) is -3.49. The normalized spacial score (nSPS) is 14.7. The Morgan fingerprint density at radius 2 is 1.75 bits per heavy atom. The van der Waals surface area contributed by atoms with Gasteiger partial charge >= 0.3 is 5.56 Å². The minimum absolute atomic E-state index is 0.0644. The smallest absolute Gasteiger partial charge is 0.316 e. The average Bonchev–Trinajstić information content (AvgIpc) is 2.88. The monoisotopic (exact) mass is 516 g/mol. The first-order chi connectivity index (χ1) is 17.4. The first-order valence-corrected chi connectivity index (χ1v) is 13.4. The number of nitrogens with zero attached hydrogens (tertiary/aromatic N) is 4. The number of hydrogen-bond acceptors (Lipinski definition) is 7. The van der Waals surface area contributed by atoms with Crippen molar-refractivity contribution in [3.63, 3.8) is 0 Å². The van der Waals surface area contributed by atoms with Crippen molar-refractivity contribution in [3.8, 4) is 11.4 Å². The van der Waals surface area contributed by atoms with Crippen LogP contribution in [-0.4, -0.2) is 68.5 Å². The Bertz CT molecular complexity index is 1330. The van der Waals surface area contributed by atoms with Crippen LogP contribution in [0.4, 0.5) is 10.1 Å². The molecule has 0 bridgehead atoms. The third kappa shape index (κ3) is 6.10. The molecule has 3 aromatic rings. The minimum Gasteiger partial charge on any atom is -0.484 e. The molecular weight excluding hydrogens is 487 g/mol. The largest absolute Gasteiger partial charge is 0.484 e. The zero-order chi connectivity index (χ0) is 25.5. The molecule has 0 spiro atoms. The van der Waals surface area contributed by atoms with E-state index in [-0.39, 0.29) is 36.9 Å². The SMILES string of the molecule is CCOCCOc1c(N2CCN(S(=O)(=O)Cc3ccccc3)CC2)cnn(-c2cccc(F)c2)c1=O. The van der Waals surface area contributed by atoms with Crippen LogP contribution in [0, 0.1) is 5.82 Å². The van der Waals surface area contributed by atoms with Gasteiger partial charge in [-0.25, -0.2) is 12.8 Å². The van der Waals surface area contributed by atoms with Gasteiger partial charge in [-0.15, -0.1) is 0 Å². The van der Waals surface area contributed by atoms with Gasteiger partial charge in [-0.1, -0.05) is 36.4 Å². The van der Waals surface area contributed by atoms with E-state index in [1.807, 2.05) is 30.0 Å². The van der Waals surface area contributed by atoms with Gasteiger partial charge in [-0.3, -0.25) is 4.79 Å². The fraction of sp³-hybridized carbons (Fsp3) is 0.360. The molecule has 0 saturated carbocycles. The van der Waals surface area contributed by atoms with Gasteiger partial charge < -0.3 is 14.4 Å². The second kappa shape index (κ2) is 11.6. The number of aromatic nitrogens is 2. The van der Waals surface area contributed by atoms with Gasteiger partial charge in [0.15, 0.2) is 0 Å². The van der Waals surface area contributed by atoms with Crippen molar-refractivity contribution in [2.45, 2.75) is 12.7 Å². The lowest BCUT2D eigenvalue weighted by molar-refractivity contribution is 0.109. The summed E-state index contributed by atoms with van der Waals surface area (Å²) in [5, 5.41) is 4.25. The fourth-order valence-electron chi connectivity index (χ4n) is 4.01. The molecular formula is C25H29FN4O5S. The first kappa shape index (κ1) is 25.8. The summed E-state index contributed by atoms with van der Waals surface area (Å²) >= 11 is 0. The van der Waals surface area contributed by atoms with Crippen LogP contribution in [0.3, 0.4) is 0 Å². The van der Waals surface area contributed by atoms with Gasteiger partial charge in [-0.05, 0) is 30.7 Å². The molecule has 36 heavy (non-hydrogen) atoms. The van der Waals surface area contributed by atoms with Crippen molar-refractivity contribution in [2.75, 3.05) is 50.9 Å². The van der Waals surface area contributed by atoms with Crippen LogP contribution >= 0.6 is 0 Å². The van der Waals surface area contributed by atoms with Crippen LogP contribution in [0.2, 0.25) is 0 Å². The number of piperazine rings is 1. The summed E-state index contributed by atoms with van der Waals surface area (Å²) in [6.07, 6.45) is 1.50. The van der Waals surface area contributed by atoms with Gasteiger partial charge in [0.2, 0.25) is 15.8 Å². The van der Waals surface area contributed by atoms with Crippen LogP contribution in [0.25, 0.3) is 5.69 Å². The van der Waals surface area contributed by atoms with Crippen molar-refractivity contribution in [1.29, 1.82) is 0 Å². The molecule has 1 fully saturated rings. The Hall–Kier alpha value is -3.28. The van der Waals surface area contributed by atoms with Crippen molar-refractivity contribution >= 4 is 15.7 Å². The quantitative estimate of drug-likeness (QED) is 0.382. The summed E-state index contributed by atoms with van der Waals surface area (Å²) in [5.74, 6) is -0.489. The molecule has 2 aromatic carbocycles. The lowest BCUT2D eigenvalue weighted by atomic mass is 10.2. The summed E-state index contributed by atoms with van der Waals surface area (Å²) in [4.78, 5) is 15.2. The van der Waals surface area contributed by atoms with E-state index in [1.54, 1.807) is 18.2 Å². The van der Waals surface area contributed by atoms with Gasteiger partial charge in [0.25, 0.3) is 0 Å². The van der Waals surface area contributed by atoms with E-state index in [0.29, 0.717) is 32.0 Å². The number of halogens is 1. The van der Waals surface area contributed by atoms with E-state index < -0.39 is 21.4 Å². The highest BCUT2D eigenvalue weighted by Crippen LogP contribution is 2.26. The molecule has 0 amide bonds. The predicted molar refractivity (Wildman–Crippen MR) is 135 cm³/mol. The molecule has 11 heteroatoms. The topological polar surface area (TPSA) is 94.0 Å². The first-order valence-electron chi connectivity index (χ1n) is 11.7. The number of hydrogen-bond donors (Lipinski definition) is 0. The molecule has 192 valence electrons. The Labute approximate surface area is 209 Å². The molecule has 0 aliphatic carbocycles. The van der Waals surface area contributed by atoms with Crippen LogP contribution < -0.4 is 15.2 Å². The van der Waals surface area contributed by atoms with Crippen molar-refractivity contribution in [1.82, 2.24) is 14.1 Å². The van der Waals surface area contributed by atoms with Crippen LogP contribution in [0.15, 0.2) is 65.6 Å². The number of anilines is 1. The summed E-state index contributed by atoms with van der Waals surface area (Å²) < 4.78 is 53.3. The van der Waals surface area contributed by atoms with Crippen molar-refractivity contribution in [2.24, 2.45) is 0 Å². The molecule has 0 atom stereocenters. The molecule has 0 N–H and O–H groups in total. The third-order valence-corrected chi connectivity index (χ3v) is 7.66. The lowest BCUT2D eigenvalue weighted by Gasteiger charge is -2.35. The molecule has 2 heterocycles. The molecule has 1 aromatic heterocycles. The molecule has 1 saturated heterocycles. The average molecular weight is 517 g/mol. The highest BCUT2D eigenvalue weighted by Gasteiger charge is 2.29. The standard InChI is InChI=1S/C25H29FN4O5S/c1-2-34-15-16-35-24-23(18-27-30(25(24)31)22-10-6-9-21(26)17-22)28-11-13-29(14-12-28)36(32,33)19-20-7-4-3-5-8-20/h3-10,17-18H,2,11-16,19H2,1H3. The number of sulfonamides is 1. The zero-order valence-electron chi connectivity index (χ0n) is 20.0. The summed E-state index contributed by atoms with van der Waals surface area (Å²) in [6, 6.07) is 14.6. The maximum absolute atomic E-state index is 13.8. The molecule has 1 aliphatic heterocycles. The van der Waals surface area contributed by atoms with E-state index in [1.165, 1.54) is 28.7 Å². The van der Waals surface area contributed by atoms with Gasteiger partial charge in [0.05, 0.1) is 24.2 Å². The molecule has 0 radical (unpaired) electrons. The van der Waals surface area contributed by atoms with E-state index in [2.05, 4.69) is 5.10 Å². The number of benzene rings is 2. The fourth-order valence-corrected chi connectivity index (χ4v) is 5.53. The highest BCUT2D eigenvalue weighted by molar-refractivity contribution is 7.88. The second-order valence-electron chi connectivity index (χ2n) is 8.23. The Balaban J connectivity index is 1.54. The van der Waals surface area contributed by atoms with Crippen LogP contribution in [0.1, 0.15) is 12.5 Å². The molecule has 9 nitrogen and oxygen atoms in total. The Kier molecular flexibility index (Phi) is 8.34.